The molecule has 0 aromatic heterocycles. The summed E-state index contributed by atoms with van der Waals surface area (Å²) in [5.74, 6) is -0.0467. The van der Waals surface area contributed by atoms with E-state index in [2.05, 4.69) is 39.8 Å². The molecule has 8 nitrogen and oxygen atoms in total. The summed E-state index contributed by atoms with van der Waals surface area (Å²) >= 11 is 0. The smallest absolute Gasteiger partial charge is 0.335 e. The topological polar surface area (TPSA) is 126 Å². The second-order valence-electron chi connectivity index (χ2n) is 10.7. The quantitative estimate of drug-likeness (QED) is 0.339. The van der Waals surface area contributed by atoms with Crippen molar-refractivity contribution >= 4 is 5.97 Å². The first-order chi connectivity index (χ1) is 16.5. The van der Waals surface area contributed by atoms with E-state index in [1.807, 2.05) is 6.07 Å². The van der Waals surface area contributed by atoms with E-state index >= 15 is 0 Å². The number of hydrogen-bond acceptors (Lipinski definition) is 7. The molecule has 4 rings (SSSR count). The molecule has 7 unspecified atom stereocenters. The molecule has 0 saturated carbocycles. The molecule has 1 aromatic carbocycles. The molecule has 3 aliphatic rings. The van der Waals surface area contributed by atoms with Gasteiger partial charge in [0.2, 0.25) is 6.29 Å². The van der Waals surface area contributed by atoms with E-state index in [9.17, 15) is 25.2 Å². The number of aryl methyl sites for hydroxylation is 1. The fraction of sp³-hybridized carbons (Fsp3) is 0.667. The first kappa shape index (κ1) is 25.9. The number of benzene rings is 1. The minimum absolute atomic E-state index is 0.0220. The monoisotopic (exact) mass is 490 g/mol. The Bertz CT molecular complexity index is 970. The summed E-state index contributed by atoms with van der Waals surface area (Å²) in [6.07, 6.45) is -0.117. The molecule has 194 valence electrons. The van der Waals surface area contributed by atoms with Crippen molar-refractivity contribution in [3.8, 4) is 11.5 Å². The second kappa shape index (κ2) is 10.1. The highest BCUT2D eigenvalue weighted by atomic mass is 16.7. The molecule has 1 aromatic rings. The minimum Gasteiger partial charge on any atom is -0.487 e. The van der Waals surface area contributed by atoms with Crippen molar-refractivity contribution in [3.63, 3.8) is 0 Å². The fourth-order valence-electron chi connectivity index (χ4n) is 5.66. The van der Waals surface area contributed by atoms with Gasteiger partial charge in [0.05, 0.1) is 0 Å². The molecule has 35 heavy (non-hydrogen) atoms. The molecule has 0 amide bonds. The number of rotatable bonds is 7. The maximum atomic E-state index is 11.6. The highest BCUT2D eigenvalue weighted by Crippen LogP contribution is 2.54. The summed E-state index contributed by atoms with van der Waals surface area (Å²) in [6.45, 7) is 8.47. The van der Waals surface area contributed by atoms with Gasteiger partial charge in [0.25, 0.3) is 0 Å². The Balaban J connectivity index is 1.76. The van der Waals surface area contributed by atoms with Gasteiger partial charge in [0.1, 0.15) is 35.4 Å². The van der Waals surface area contributed by atoms with Crippen LogP contribution in [0.2, 0.25) is 0 Å². The average Bonchev–Trinajstić information content (AvgIpc) is 2.78. The standard InChI is InChI=1S/C27H38O8/c1-5-6-7-8-15-12-18(33-26-23(30)21(28)22(29)24(34-26)25(31)32)20-16-11-14(2)9-10-17(16)27(3,4)35-19(20)13-15/h11-13,16-17,21-24,26,28-30H,5-10H2,1-4H3,(H,31,32). The van der Waals surface area contributed by atoms with Gasteiger partial charge in [-0.15, -0.1) is 0 Å². The van der Waals surface area contributed by atoms with E-state index in [-0.39, 0.29) is 17.4 Å². The van der Waals surface area contributed by atoms with Gasteiger partial charge in [0.15, 0.2) is 6.10 Å². The number of aliphatic hydroxyl groups excluding tert-OH is 3. The van der Waals surface area contributed by atoms with Gasteiger partial charge in [-0.1, -0.05) is 31.4 Å². The van der Waals surface area contributed by atoms with Crippen LogP contribution in [0.1, 0.15) is 76.8 Å². The van der Waals surface area contributed by atoms with Crippen LogP contribution in [0.4, 0.5) is 0 Å². The highest BCUT2D eigenvalue weighted by Gasteiger charge is 2.50. The Kier molecular flexibility index (Phi) is 7.48. The van der Waals surface area contributed by atoms with Crippen molar-refractivity contribution in [1.82, 2.24) is 0 Å². The van der Waals surface area contributed by atoms with Crippen LogP contribution in [0.5, 0.6) is 11.5 Å². The maximum absolute atomic E-state index is 11.6. The first-order valence-electron chi connectivity index (χ1n) is 12.7. The van der Waals surface area contributed by atoms with Crippen LogP contribution in [0.25, 0.3) is 0 Å². The Morgan fingerprint density at radius 1 is 1.14 bits per heavy atom. The van der Waals surface area contributed by atoms with Crippen molar-refractivity contribution in [2.75, 3.05) is 0 Å². The number of hydrogen-bond donors (Lipinski definition) is 4. The maximum Gasteiger partial charge on any atom is 0.335 e. The third-order valence-corrected chi connectivity index (χ3v) is 7.64. The van der Waals surface area contributed by atoms with Crippen LogP contribution >= 0.6 is 0 Å². The average molecular weight is 491 g/mol. The van der Waals surface area contributed by atoms with Crippen molar-refractivity contribution < 1.29 is 39.4 Å². The van der Waals surface area contributed by atoms with Crippen LogP contribution in [0.3, 0.4) is 0 Å². The number of carboxylic acid groups (broad SMARTS) is 1. The lowest BCUT2D eigenvalue weighted by Crippen LogP contribution is -2.61. The van der Waals surface area contributed by atoms with Crippen molar-refractivity contribution in [2.24, 2.45) is 5.92 Å². The molecule has 4 N–H and O–H groups in total. The zero-order chi connectivity index (χ0) is 25.5. The van der Waals surface area contributed by atoms with E-state index in [1.165, 1.54) is 5.57 Å². The Labute approximate surface area is 206 Å². The molecule has 0 bridgehead atoms. The Morgan fingerprint density at radius 3 is 2.57 bits per heavy atom. The number of aliphatic carboxylic acids is 1. The zero-order valence-corrected chi connectivity index (χ0v) is 20.9. The van der Waals surface area contributed by atoms with Crippen molar-refractivity contribution in [2.45, 2.75) is 108 Å². The zero-order valence-electron chi connectivity index (χ0n) is 20.9. The van der Waals surface area contributed by atoms with Crippen LogP contribution in [0.15, 0.2) is 23.8 Å². The number of allylic oxidation sites excluding steroid dienone is 2. The summed E-state index contributed by atoms with van der Waals surface area (Å²) in [6, 6.07) is 3.97. The molecule has 0 spiro atoms. The van der Waals surface area contributed by atoms with Crippen LogP contribution in [0, 0.1) is 5.92 Å². The molecule has 1 fully saturated rings. The van der Waals surface area contributed by atoms with E-state index in [0.29, 0.717) is 11.5 Å². The Hall–Kier alpha value is -2.13. The molecule has 1 saturated heterocycles. The summed E-state index contributed by atoms with van der Waals surface area (Å²) in [5.41, 5.74) is 2.75. The number of ether oxygens (including phenoxy) is 3. The minimum atomic E-state index is -1.77. The summed E-state index contributed by atoms with van der Waals surface area (Å²) < 4.78 is 18.1. The largest absolute Gasteiger partial charge is 0.487 e. The lowest BCUT2D eigenvalue weighted by atomic mass is 9.68. The summed E-state index contributed by atoms with van der Waals surface area (Å²) in [5, 5.41) is 40.4. The van der Waals surface area contributed by atoms with Gasteiger partial charge in [-0.3, -0.25) is 0 Å². The fourth-order valence-corrected chi connectivity index (χ4v) is 5.66. The summed E-state index contributed by atoms with van der Waals surface area (Å²) in [4.78, 5) is 11.6. The van der Waals surface area contributed by atoms with Gasteiger partial charge in [0, 0.05) is 17.4 Å². The number of unbranched alkanes of at least 4 members (excludes halogenated alkanes) is 2. The van der Waals surface area contributed by atoms with E-state index in [1.54, 1.807) is 0 Å². The van der Waals surface area contributed by atoms with Gasteiger partial charge >= 0.3 is 5.97 Å². The number of aliphatic hydroxyl groups is 3. The van der Waals surface area contributed by atoms with E-state index in [4.69, 9.17) is 14.2 Å². The third-order valence-electron chi connectivity index (χ3n) is 7.64. The Morgan fingerprint density at radius 2 is 1.89 bits per heavy atom. The second-order valence-corrected chi connectivity index (χ2v) is 10.7. The predicted molar refractivity (Wildman–Crippen MR) is 129 cm³/mol. The third kappa shape index (κ3) is 5.07. The van der Waals surface area contributed by atoms with E-state index < -0.39 is 36.7 Å². The molecule has 0 radical (unpaired) electrons. The molecular formula is C27H38O8. The molecule has 7 atom stereocenters. The molecule has 2 heterocycles. The first-order valence-corrected chi connectivity index (χ1v) is 12.7. The van der Waals surface area contributed by atoms with Gasteiger partial charge in [-0.2, -0.15) is 0 Å². The van der Waals surface area contributed by atoms with Gasteiger partial charge in [-0.25, -0.2) is 4.79 Å². The van der Waals surface area contributed by atoms with Crippen LogP contribution in [-0.4, -0.2) is 62.7 Å². The summed E-state index contributed by atoms with van der Waals surface area (Å²) in [7, 11) is 0. The van der Waals surface area contributed by atoms with Crippen molar-refractivity contribution in [1.29, 1.82) is 0 Å². The SMILES string of the molecule is CCCCCc1cc(OC2OC(C(=O)O)C(O)C(O)C2O)c2c(c1)OC(C)(C)C1CCC(C)=CC21. The predicted octanol–water partition coefficient (Wildman–Crippen LogP) is 3.30. The molecular weight excluding hydrogens is 452 g/mol. The highest BCUT2D eigenvalue weighted by molar-refractivity contribution is 5.73. The lowest BCUT2D eigenvalue weighted by molar-refractivity contribution is -0.271. The molecule has 1 aliphatic carbocycles. The number of carboxylic acids is 1. The van der Waals surface area contributed by atoms with E-state index in [0.717, 1.165) is 49.7 Å². The van der Waals surface area contributed by atoms with Crippen molar-refractivity contribution in [3.05, 3.63) is 34.9 Å². The normalized spacial score (nSPS) is 33.7. The van der Waals surface area contributed by atoms with Gasteiger partial charge in [-0.05, 0) is 64.2 Å². The number of carbonyl (C=O) groups is 1. The van der Waals surface area contributed by atoms with Crippen LogP contribution < -0.4 is 9.47 Å². The van der Waals surface area contributed by atoms with Gasteiger partial charge < -0.3 is 34.6 Å². The number of fused-ring (bicyclic) bond motifs is 3. The lowest BCUT2D eigenvalue weighted by Gasteiger charge is -2.47. The molecule has 8 heteroatoms. The molecule has 2 aliphatic heterocycles. The van der Waals surface area contributed by atoms with Crippen LogP contribution in [-0.2, 0) is 16.0 Å².